The number of esters is 1. The fraction of sp³-hybridized carbons (Fsp3) is 0.286. The Balaban J connectivity index is 1.91. The summed E-state index contributed by atoms with van der Waals surface area (Å²) in [6, 6.07) is 12.0. The van der Waals surface area contributed by atoms with Crippen LogP contribution in [0.1, 0.15) is 32.3 Å². The summed E-state index contributed by atoms with van der Waals surface area (Å²) in [4.78, 5) is 22.7. The molecule has 0 fully saturated rings. The summed E-state index contributed by atoms with van der Waals surface area (Å²) in [5.74, 6) is 0.627. The summed E-state index contributed by atoms with van der Waals surface area (Å²) < 4.78 is 10.2. The molecule has 0 saturated carbocycles. The van der Waals surface area contributed by atoms with Crippen LogP contribution >= 0.6 is 0 Å². The topological polar surface area (TPSA) is 93.3 Å². The fourth-order valence-electron chi connectivity index (χ4n) is 2.93. The largest absolute Gasteiger partial charge is 0.496 e. The number of hydrogen-bond acceptors (Lipinski definition) is 5. The quantitative estimate of drug-likeness (QED) is 0.633. The summed E-state index contributed by atoms with van der Waals surface area (Å²) in [6.07, 6.45) is 0. The maximum atomic E-state index is 11.9. The minimum atomic E-state index is -0.510. The number of anilines is 1. The molecule has 2 aromatic carbocycles. The van der Waals surface area contributed by atoms with Gasteiger partial charge in [-0.2, -0.15) is 5.10 Å². The van der Waals surface area contributed by atoms with E-state index in [-0.39, 0.29) is 6.61 Å². The van der Waals surface area contributed by atoms with Crippen LogP contribution in [0.4, 0.5) is 5.82 Å². The Bertz CT molecular complexity index is 1020. The highest BCUT2D eigenvalue weighted by molar-refractivity contribution is 6.01. The van der Waals surface area contributed by atoms with Crippen molar-refractivity contribution < 1.29 is 19.1 Å². The van der Waals surface area contributed by atoms with E-state index in [9.17, 15) is 9.59 Å². The lowest BCUT2D eigenvalue weighted by Gasteiger charge is -2.13. The van der Waals surface area contributed by atoms with E-state index >= 15 is 0 Å². The number of aromatic nitrogens is 2. The number of nitrogens with one attached hydrogen (secondary N) is 2. The van der Waals surface area contributed by atoms with E-state index in [0.29, 0.717) is 11.7 Å². The zero-order chi connectivity index (χ0) is 20.3. The number of aromatic amines is 1. The van der Waals surface area contributed by atoms with Gasteiger partial charge in [0.15, 0.2) is 12.4 Å². The Morgan fingerprint density at radius 3 is 2.64 bits per heavy atom. The average molecular weight is 381 g/mol. The van der Waals surface area contributed by atoms with Crippen LogP contribution in [0.5, 0.6) is 5.75 Å². The molecule has 0 spiro atoms. The van der Waals surface area contributed by atoms with Crippen LogP contribution in [0.3, 0.4) is 0 Å². The van der Waals surface area contributed by atoms with Gasteiger partial charge in [-0.25, -0.2) is 0 Å². The van der Waals surface area contributed by atoms with E-state index < -0.39 is 11.9 Å². The van der Waals surface area contributed by atoms with Gasteiger partial charge in [0.1, 0.15) is 5.75 Å². The molecule has 0 radical (unpaired) electrons. The molecule has 7 heteroatoms. The van der Waals surface area contributed by atoms with Gasteiger partial charge in [0.25, 0.3) is 5.91 Å². The van der Waals surface area contributed by atoms with Crippen molar-refractivity contribution in [3.63, 3.8) is 0 Å². The average Bonchev–Trinajstić information content (AvgIpc) is 3.07. The summed E-state index contributed by atoms with van der Waals surface area (Å²) in [6.45, 7) is 5.20. The number of nitrogens with zero attached hydrogens (tertiary/aromatic N) is 1. The van der Waals surface area contributed by atoms with Crippen molar-refractivity contribution in [2.75, 3.05) is 19.0 Å². The third kappa shape index (κ3) is 4.14. The first-order chi connectivity index (χ1) is 13.4. The van der Waals surface area contributed by atoms with Gasteiger partial charge >= 0.3 is 5.97 Å². The molecule has 0 aliphatic carbocycles. The first-order valence-electron chi connectivity index (χ1n) is 8.98. The van der Waals surface area contributed by atoms with Gasteiger partial charge in [0.2, 0.25) is 0 Å². The molecule has 0 unspecified atom stereocenters. The first-order valence-corrected chi connectivity index (χ1v) is 8.98. The predicted octanol–water partition coefficient (Wildman–Crippen LogP) is 3.86. The minimum absolute atomic E-state index is 0.346. The van der Waals surface area contributed by atoms with E-state index in [1.165, 1.54) is 12.5 Å². The van der Waals surface area contributed by atoms with E-state index in [1.54, 1.807) is 7.11 Å². The summed E-state index contributed by atoms with van der Waals surface area (Å²) >= 11 is 0. The molecule has 1 heterocycles. The van der Waals surface area contributed by atoms with Crippen molar-refractivity contribution in [3.8, 4) is 16.9 Å². The Morgan fingerprint density at radius 1 is 1.18 bits per heavy atom. The van der Waals surface area contributed by atoms with E-state index in [4.69, 9.17) is 9.47 Å². The molecule has 0 aliphatic rings. The highest BCUT2D eigenvalue weighted by atomic mass is 16.5. The second kappa shape index (κ2) is 8.12. The maximum absolute atomic E-state index is 11.9. The van der Waals surface area contributed by atoms with Crippen LogP contribution in [-0.4, -0.2) is 35.8 Å². The Labute approximate surface area is 163 Å². The van der Waals surface area contributed by atoms with E-state index in [0.717, 1.165) is 27.8 Å². The number of carbonyl (C=O) groups excluding carboxylic acids is 2. The van der Waals surface area contributed by atoms with E-state index in [1.807, 2.05) is 24.3 Å². The Hall–Kier alpha value is -3.35. The number of methoxy groups -OCH3 is 1. The first kappa shape index (κ1) is 19.4. The van der Waals surface area contributed by atoms with Gasteiger partial charge in [-0.1, -0.05) is 26.0 Å². The maximum Gasteiger partial charge on any atom is 0.303 e. The number of benzene rings is 2. The van der Waals surface area contributed by atoms with Gasteiger partial charge in [0.05, 0.1) is 12.6 Å². The van der Waals surface area contributed by atoms with Crippen molar-refractivity contribution in [3.05, 3.63) is 42.0 Å². The number of hydrogen-bond donors (Lipinski definition) is 2. The minimum Gasteiger partial charge on any atom is -0.496 e. The van der Waals surface area contributed by atoms with Crippen LogP contribution in [0.15, 0.2) is 36.4 Å². The number of rotatable bonds is 6. The van der Waals surface area contributed by atoms with Gasteiger partial charge in [-0.05, 0) is 41.3 Å². The second-order valence-corrected chi connectivity index (χ2v) is 6.78. The van der Waals surface area contributed by atoms with Crippen LogP contribution in [0, 0.1) is 0 Å². The molecule has 3 aromatic rings. The lowest BCUT2D eigenvalue weighted by atomic mass is 9.96. The summed E-state index contributed by atoms with van der Waals surface area (Å²) in [5.41, 5.74) is 3.97. The normalized spacial score (nSPS) is 10.9. The molecule has 0 aliphatic heterocycles. The SMILES string of the molecule is COc1ccc(C(C)C)cc1-c1ccc2c(NC(=O)COC(C)=O)n[nH]c2c1. The third-order valence-electron chi connectivity index (χ3n) is 4.43. The Kier molecular flexibility index (Phi) is 5.63. The van der Waals surface area contributed by atoms with Crippen molar-refractivity contribution >= 4 is 28.6 Å². The molecular weight excluding hydrogens is 358 g/mol. The highest BCUT2D eigenvalue weighted by Gasteiger charge is 2.14. The lowest BCUT2D eigenvalue weighted by molar-refractivity contribution is -0.144. The smallest absolute Gasteiger partial charge is 0.303 e. The molecule has 1 aromatic heterocycles. The molecule has 2 N–H and O–H groups in total. The zero-order valence-electron chi connectivity index (χ0n) is 16.3. The number of carbonyl (C=O) groups is 2. The third-order valence-corrected chi connectivity index (χ3v) is 4.43. The monoisotopic (exact) mass is 381 g/mol. The predicted molar refractivity (Wildman–Crippen MR) is 107 cm³/mol. The van der Waals surface area contributed by atoms with Crippen molar-refractivity contribution in [1.82, 2.24) is 10.2 Å². The number of ether oxygens (including phenoxy) is 2. The molecular formula is C21H23N3O4. The summed E-state index contributed by atoms with van der Waals surface area (Å²) in [5, 5.41) is 10.5. The molecule has 28 heavy (non-hydrogen) atoms. The van der Waals surface area contributed by atoms with Crippen LogP contribution in [-0.2, 0) is 14.3 Å². The molecule has 0 atom stereocenters. The standard InChI is InChI=1S/C21H23N3O4/c1-12(2)14-6-8-19(27-4)17(9-14)15-5-7-16-18(10-15)23-24-21(16)22-20(26)11-28-13(3)25/h5-10,12H,11H2,1-4H3,(H2,22,23,24,26). The van der Waals surface area contributed by atoms with Gasteiger partial charge in [-0.3, -0.25) is 14.7 Å². The molecule has 7 nitrogen and oxygen atoms in total. The van der Waals surface area contributed by atoms with Crippen LogP contribution < -0.4 is 10.1 Å². The van der Waals surface area contributed by atoms with Crippen LogP contribution in [0.2, 0.25) is 0 Å². The summed E-state index contributed by atoms with van der Waals surface area (Å²) in [7, 11) is 1.65. The second-order valence-electron chi connectivity index (χ2n) is 6.78. The van der Waals surface area contributed by atoms with Crippen LogP contribution in [0.25, 0.3) is 22.0 Å². The molecule has 1 amide bonds. The molecule has 0 saturated heterocycles. The van der Waals surface area contributed by atoms with Gasteiger partial charge in [0, 0.05) is 17.9 Å². The van der Waals surface area contributed by atoms with Crippen molar-refractivity contribution in [2.24, 2.45) is 0 Å². The Morgan fingerprint density at radius 2 is 1.96 bits per heavy atom. The number of fused-ring (bicyclic) bond motifs is 1. The molecule has 0 bridgehead atoms. The fourth-order valence-corrected chi connectivity index (χ4v) is 2.93. The molecule has 146 valence electrons. The van der Waals surface area contributed by atoms with Crippen molar-refractivity contribution in [2.45, 2.75) is 26.7 Å². The van der Waals surface area contributed by atoms with Gasteiger partial charge in [-0.15, -0.1) is 0 Å². The number of amides is 1. The van der Waals surface area contributed by atoms with E-state index in [2.05, 4.69) is 41.5 Å². The number of H-pyrrole nitrogens is 1. The molecule has 3 rings (SSSR count). The van der Waals surface area contributed by atoms with Gasteiger partial charge < -0.3 is 14.8 Å². The van der Waals surface area contributed by atoms with Crippen molar-refractivity contribution in [1.29, 1.82) is 0 Å². The zero-order valence-corrected chi connectivity index (χ0v) is 16.3. The lowest BCUT2D eigenvalue weighted by Crippen LogP contribution is -2.20. The highest BCUT2D eigenvalue weighted by Crippen LogP contribution is 2.35.